The fourth-order valence-electron chi connectivity index (χ4n) is 8.19. The fourth-order valence-corrected chi connectivity index (χ4v) is 10.1. The second kappa shape index (κ2) is 13.5. The summed E-state index contributed by atoms with van der Waals surface area (Å²) >= 11 is 3.48. The molecule has 0 bridgehead atoms. The maximum Gasteiger partial charge on any atom is 0.124 e. The van der Waals surface area contributed by atoms with Gasteiger partial charge >= 0.3 is 0 Å². The van der Waals surface area contributed by atoms with Crippen molar-refractivity contribution in [3.63, 3.8) is 0 Å². The van der Waals surface area contributed by atoms with Gasteiger partial charge in [0.25, 0.3) is 0 Å². The number of hydrogen-bond donors (Lipinski definition) is 0. The minimum Gasteiger partial charge on any atom is -0.236 e. The van der Waals surface area contributed by atoms with E-state index in [0.717, 1.165) is 32.2 Å². The minimum absolute atomic E-state index is 1.04. The molecular formula is C52H32N2S2. The Morgan fingerprint density at radius 2 is 0.571 bits per heavy atom. The van der Waals surface area contributed by atoms with E-state index in [4.69, 9.17) is 9.97 Å². The van der Waals surface area contributed by atoms with Crippen LogP contribution in [0.5, 0.6) is 0 Å². The first-order valence-corrected chi connectivity index (χ1v) is 20.5. The largest absolute Gasteiger partial charge is 0.236 e. The Morgan fingerprint density at radius 1 is 0.268 bits per heavy atom. The molecule has 0 aliphatic carbocycles. The molecule has 262 valence electrons. The molecule has 11 rings (SSSR count). The first-order chi connectivity index (χ1) is 27.8. The maximum absolute atomic E-state index is 4.92. The van der Waals surface area contributed by atoms with Gasteiger partial charge in [-0.05, 0) is 90.3 Å². The lowest BCUT2D eigenvalue weighted by atomic mass is 9.82. The molecule has 0 radical (unpaired) electrons. The molecule has 9 aromatic carbocycles. The predicted octanol–water partition coefficient (Wildman–Crippen LogP) is 15.2. The van der Waals surface area contributed by atoms with Gasteiger partial charge in [-0.15, -0.1) is 22.7 Å². The molecule has 0 spiro atoms. The van der Waals surface area contributed by atoms with Crippen LogP contribution in [-0.2, 0) is 0 Å². The number of rotatable bonds is 6. The van der Waals surface area contributed by atoms with Crippen molar-refractivity contribution in [3.8, 4) is 65.6 Å². The number of thiazole rings is 2. The predicted molar refractivity (Wildman–Crippen MR) is 240 cm³/mol. The summed E-state index contributed by atoms with van der Waals surface area (Å²) < 4.78 is 2.42. The molecule has 11 aromatic rings. The van der Waals surface area contributed by atoms with E-state index in [9.17, 15) is 0 Å². The summed E-state index contributed by atoms with van der Waals surface area (Å²) in [5, 5.41) is 7.04. The van der Waals surface area contributed by atoms with Crippen LogP contribution in [-0.4, -0.2) is 9.97 Å². The molecule has 0 fully saturated rings. The maximum atomic E-state index is 4.92. The third-order valence-corrected chi connectivity index (χ3v) is 13.0. The quantitative estimate of drug-likeness (QED) is 0.158. The molecule has 2 nitrogen and oxygen atoms in total. The van der Waals surface area contributed by atoms with Gasteiger partial charge in [0.15, 0.2) is 0 Å². The van der Waals surface area contributed by atoms with Crippen molar-refractivity contribution < 1.29 is 0 Å². The first-order valence-electron chi connectivity index (χ1n) is 18.8. The van der Waals surface area contributed by atoms with Gasteiger partial charge in [0.1, 0.15) is 10.0 Å². The Hall–Kier alpha value is -6.72. The Balaban J connectivity index is 1.05. The molecule has 0 saturated carbocycles. The smallest absolute Gasteiger partial charge is 0.124 e. The van der Waals surface area contributed by atoms with Crippen LogP contribution in [0.2, 0.25) is 0 Å². The molecule has 0 saturated heterocycles. The molecule has 0 atom stereocenters. The number of benzene rings is 9. The Labute approximate surface area is 332 Å². The average Bonchev–Trinajstić information content (AvgIpc) is 3.91. The number of para-hydroxylation sites is 2. The molecular weight excluding hydrogens is 717 g/mol. The minimum atomic E-state index is 1.04. The summed E-state index contributed by atoms with van der Waals surface area (Å²) in [6.07, 6.45) is 0. The topological polar surface area (TPSA) is 25.8 Å². The van der Waals surface area contributed by atoms with Gasteiger partial charge in [-0.25, -0.2) is 9.97 Å². The zero-order valence-corrected chi connectivity index (χ0v) is 31.8. The normalized spacial score (nSPS) is 11.6. The van der Waals surface area contributed by atoms with E-state index in [1.54, 1.807) is 22.7 Å². The molecule has 0 aliphatic heterocycles. The highest BCUT2D eigenvalue weighted by molar-refractivity contribution is 7.22. The second-order valence-electron chi connectivity index (χ2n) is 14.1. The lowest BCUT2D eigenvalue weighted by molar-refractivity contribution is 1.47. The van der Waals surface area contributed by atoms with Crippen molar-refractivity contribution in [2.24, 2.45) is 0 Å². The standard InChI is InChI=1S/C52H32N2S2/c1-3-15-39(37(13-1)33-25-29-35(30-26-33)51-53-45-21-9-11-23-47(45)55-51)49-41-17-5-7-19-43(41)50(44-20-8-6-18-42(44)49)40-16-4-2-14-38(40)34-27-31-36(32-28-34)52-54-46-22-10-12-24-48(46)56-52/h1-32H. The zero-order chi connectivity index (χ0) is 37.0. The van der Waals surface area contributed by atoms with E-state index in [2.05, 4.69) is 194 Å². The van der Waals surface area contributed by atoms with Crippen LogP contribution in [0, 0.1) is 0 Å². The van der Waals surface area contributed by atoms with Crippen molar-refractivity contribution in [1.29, 1.82) is 0 Å². The van der Waals surface area contributed by atoms with Gasteiger partial charge < -0.3 is 0 Å². The van der Waals surface area contributed by atoms with Gasteiger partial charge in [0, 0.05) is 11.1 Å². The van der Waals surface area contributed by atoms with Crippen LogP contribution in [0.3, 0.4) is 0 Å². The molecule has 0 amide bonds. The molecule has 0 N–H and O–H groups in total. The van der Waals surface area contributed by atoms with Crippen LogP contribution in [0.25, 0.3) is 108 Å². The highest BCUT2D eigenvalue weighted by atomic mass is 32.1. The summed E-state index contributed by atoms with van der Waals surface area (Å²) in [5.41, 5.74) is 14.1. The van der Waals surface area contributed by atoms with Crippen molar-refractivity contribution in [1.82, 2.24) is 9.97 Å². The number of hydrogen-bond acceptors (Lipinski definition) is 4. The van der Waals surface area contributed by atoms with E-state index >= 15 is 0 Å². The number of fused-ring (bicyclic) bond motifs is 4. The summed E-state index contributed by atoms with van der Waals surface area (Å²) in [7, 11) is 0. The summed E-state index contributed by atoms with van der Waals surface area (Å²) in [6, 6.07) is 70.1. The van der Waals surface area contributed by atoms with Gasteiger partial charge in [-0.3, -0.25) is 0 Å². The third-order valence-electron chi connectivity index (χ3n) is 10.8. The van der Waals surface area contributed by atoms with Crippen LogP contribution in [0.15, 0.2) is 194 Å². The van der Waals surface area contributed by atoms with E-state index in [1.165, 1.54) is 75.5 Å². The average molecular weight is 749 g/mol. The lowest BCUT2D eigenvalue weighted by Gasteiger charge is -2.21. The van der Waals surface area contributed by atoms with E-state index in [0.29, 0.717) is 0 Å². The monoisotopic (exact) mass is 748 g/mol. The SMILES string of the molecule is c1ccc(-c2c3ccccc3c(-c3ccccc3-c3ccc(-c4nc5ccccc5s4)cc3)c3ccccc23)c(-c2ccc(-c3nc4ccccc4s3)cc2)c1. The fraction of sp³-hybridized carbons (Fsp3) is 0. The zero-order valence-electron chi connectivity index (χ0n) is 30.2. The van der Waals surface area contributed by atoms with E-state index < -0.39 is 0 Å². The lowest BCUT2D eigenvalue weighted by Crippen LogP contribution is -1.94. The molecule has 56 heavy (non-hydrogen) atoms. The van der Waals surface area contributed by atoms with Gasteiger partial charge in [0.05, 0.1) is 20.4 Å². The summed E-state index contributed by atoms with van der Waals surface area (Å²) in [6.45, 7) is 0. The molecule has 2 aromatic heterocycles. The number of nitrogens with zero attached hydrogens (tertiary/aromatic N) is 2. The first kappa shape index (κ1) is 32.7. The van der Waals surface area contributed by atoms with Crippen molar-refractivity contribution in [2.45, 2.75) is 0 Å². The molecule has 0 aliphatic rings. The van der Waals surface area contributed by atoms with Crippen molar-refractivity contribution in [2.75, 3.05) is 0 Å². The van der Waals surface area contributed by atoms with Crippen LogP contribution in [0.1, 0.15) is 0 Å². The van der Waals surface area contributed by atoms with Crippen LogP contribution in [0.4, 0.5) is 0 Å². The van der Waals surface area contributed by atoms with Crippen LogP contribution >= 0.6 is 22.7 Å². The van der Waals surface area contributed by atoms with E-state index in [-0.39, 0.29) is 0 Å². The van der Waals surface area contributed by atoms with Crippen LogP contribution < -0.4 is 0 Å². The molecule has 2 heterocycles. The van der Waals surface area contributed by atoms with E-state index in [1.807, 2.05) is 0 Å². The highest BCUT2D eigenvalue weighted by Gasteiger charge is 2.21. The van der Waals surface area contributed by atoms with Gasteiger partial charge in [-0.2, -0.15) is 0 Å². The van der Waals surface area contributed by atoms with Gasteiger partial charge in [-0.1, -0.05) is 170 Å². The van der Waals surface area contributed by atoms with Gasteiger partial charge in [0.2, 0.25) is 0 Å². The summed E-state index contributed by atoms with van der Waals surface area (Å²) in [5.74, 6) is 0. The Morgan fingerprint density at radius 3 is 0.946 bits per heavy atom. The molecule has 4 heteroatoms. The Kier molecular flexibility index (Phi) is 7.90. The number of aromatic nitrogens is 2. The summed E-state index contributed by atoms with van der Waals surface area (Å²) in [4.78, 5) is 9.84. The third kappa shape index (κ3) is 5.53. The van der Waals surface area contributed by atoms with Crippen molar-refractivity contribution in [3.05, 3.63) is 194 Å². The van der Waals surface area contributed by atoms with Crippen molar-refractivity contribution >= 4 is 64.7 Å². The Bertz CT molecular complexity index is 2900. The molecule has 0 unspecified atom stereocenters. The highest BCUT2D eigenvalue weighted by Crippen LogP contribution is 2.48. The second-order valence-corrected chi connectivity index (χ2v) is 16.1.